The molecule has 6 heteroatoms. The third kappa shape index (κ3) is 4.87. The maximum Gasteiger partial charge on any atom is 0.167 e. The van der Waals surface area contributed by atoms with E-state index in [1.165, 1.54) is 21.8 Å². The number of furan rings is 2. The van der Waals surface area contributed by atoms with Crippen LogP contribution < -0.4 is 0 Å². The van der Waals surface area contributed by atoms with E-state index in [1.807, 2.05) is 66.7 Å². The van der Waals surface area contributed by atoms with Gasteiger partial charge in [0.2, 0.25) is 0 Å². The van der Waals surface area contributed by atoms with Gasteiger partial charge in [-0.15, -0.1) is 0 Å². The van der Waals surface area contributed by atoms with Crippen molar-refractivity contribution >= 4 is 65.7 Å². The first-order valence-corrected chi connectivity index (χ1v) is 19.0. The molecule has 6 nitrogen and oxygen atoms in total. The molecule has 0 aliphatic carbocycles. The summed E-state index contributed by atoms with van der Waals surface area (Å²) in [5, 5.41) is 6.51. The highest BCUT2D eigenvalue weighted by molar-refractivity contribution is 6.15. The van der Waals surface area contributed by atoms with Gasteiger partial charge in [0.15, 0.2) is 17.5 Å². The summed E-state index contributed by atoms with van der Waals surface area (Å²) >= 11 is 0. The molecule has 4 heterocycles. The Labute approximate surface area is 325 Å². The van der Waals surface area contributed by atoms with E-state index in [1.54, 1.807) is 0 Å². The zero-order valence-electron chi connectivity index (χ0n) is 30.4. The maximum absolute atomic E-state index is 6.73. The zero-order chi connectivity index (χ0) is 37.5. The van der Waals surface area contributed by atoms with Gasteiger partial charge in [0.1, 0.15) is 22.3 Å². The molecule has 57 heavy (non-hydrogen) atoms. The molecule has 4 aromatic heterocycles. The number of hydrogen-bond acceptors (Lipinski definition) is 5. The molecular weight excluding hydrogens is 701 g/mol. The minimum Gasteiger partial charge on any atom is -0.455 e. The minimum absolute atomic E-state index is 0.522. The van der Waals surface area contributed by atoms with E-state index in [0.29, 0.717) is 17.5 Å². The van der Waals surface area contributed by atoms with Gasteiger partial charge in [-0.1, -0.05) is 133 Å². The van der Waals surface area contributed by atoms with Crippen LogP contribution in [-0.4, -0.2) is 19.5 Å². The van der Waals surface area contributed by atoms with Crippen molar-refractivity contribution in [3.8, 4) is 51.0 Å². The van der Waals surface area contributed by atoms with Crippen molar-refractivity contribution in [2.45, 2.75) is 0 Å². The second kappa shape index (κ2) is 12.3. The van der Waals surface area contributed by atoms with Crippen molar-refractivity contribution in [3.63, 3.8) is 0 Å². The van der Waals surface area contributed by atoms with Crippen LogP contribution in [0.15, 0.2) is 191 Å². The van der Waals surface area contributed by atoms with Gasteiger partial charge in [0.25, 0.3) is 0 Å². The molecule has 0 fully saturated rings. The summed E-state index contributed by atoms with van der Waals surface area (Å²) < 4.78 is 15.6. The normalized spacial score (nSPS) is 11.9. The summed E-state index contributed by atoms with van der Waals surface area (Å²) in [4.78, 5) is 15.3. The Bertz CT molecular complexity index is 3530. The number of aromatic nitrogens is 4. The van der Waals surface area contributed by atoms with Crippen molar-refractivity contribution in [1.82, 2.24) is 19.5 Å². The average molecular weight is 731 g/mol. The molecule has 0 radical (unpaired) electrons. The SMILES string of the molecule is c1ccc(-c2nc(-c3cccc4c3oc3ccccc34)nc(-c3cccc4c3oc3ccc(-c5cccc6c7ccccc7n(-c7ccccc7)c56)cc34)n2)cc1. The van der Waals surface area contributed by atoms with Crippen LogP contribution in [0.4, 0.5) is 0 Å². The van der Waals surface area contributed by atoms with Crippen LogP contribution in [0, 0.1) is 0 Å². The van der Waals surface area contributed by atoms with Gasteiger partial charge >= 0.3 is 0 Å². The Morgan fingerprint density at radius 3 is 1.63 bits per heavy atom. The van der Waals surface area contributed by atoms with Gasteiger partial charge in [0, 0.05) is 49.1 Å². The number of benzene rings is 8. The molecule has 0 saturated heterocycles. The molecule has 0 atom stereocenters. The molecule has 8 aromatic carbocycles. The topological polar surface area (TPSA) is 69.9 Å². The first-order chi connectivity index (χ1) is 28.3. The molecule has 0 unspecified atom stereocenters. The highest BCUT2D eigenvalue weighted by Crippen LogP contribution is 2.42. The van der Waals surface area contributed by atoms with E-state index < -0.39 is 0 Å². The number of hydrogen-bond donors (Lipinski definition) is 0. The molecule has 0 amide bonds. The van der Waals surface area contributed by atoms with E-state index >= 15 is 0 Å². The summed E-state index contributed by atoms with van der Waals surface area (Å²) in [5.74, 6) is 1.62. The molecule has 0 bridgehead atoms. The lowest BCUT2D eigenvalue weighted by Crippen LogP contribution is -2.00. The Balaban J connectivity index is 1.06. The zero-order valence-corrected chi connectivity index (χ0v) is 30.4. The second-order valence-corrected chi connectivity index (χ2v) is 14.3. The van der Waals surface area contributed by atoms with E-state index in [9.17, 15) is 0 Å². The molecular formula is C51H30N4O2. The third-order valence-electron chi connectivity index (χ3n) is 11.1. The second-order valence-electron chi connectivity index (χ2n) is 14.3. The van der Waals surface area contributed by atoms with Gasteiger partial charge in [-0.2, -0.15) is 0 Å². The van der Waals surface area contributed by atoms with E-state index in [-0.39, 0.29) is 0 Å². The van der Waals surface area contributed by atoms with Crippen molar-refractivity contribution in [2.75, 3.05) is 0 Å². The molecule has 0 spiro atoms. The predicted octanol–water partition coefficient (Wildman–Crippen LogP) is 13.4. The van der Waals surface area contributed by atoms with E-state index in [4.69, 9.17) is 23.8 Å². The minimum atomic E-state index is 0.522. The maximum atomic E-state index is 6.73. The fraction of sp³-hybridized carbons (Fsp3) is 0. The summed E-state index contributed by atoms with van der Waals surface area (Å²) in [6, 6.07) is 62.8. The van der Waals surface area contributed by atoms with Gasteiger partial charge in [0.05, 0.1) is 22.2 Å². The molecule has 0 saturated carbocycles. The smallest absolute Gasteiger partial charge is 0.167 e. The highest BCUT2D eigenvalue weighted by atomic mass is 16.3. The molecule has 12 rings (SSSR count). The largest absolute Gasteiger partial charge is 0.455 e. The van der Waals surface area contributed by atoms with Gasteiger partial charge in [-0.05, 0) is 54.1 Å². The lowest BCUT2D eigenvalue weighted by atomic mass is 9.99. The predicted molar refractivity (Wildman–Crippen MR) is 230 cm³/mol. The van der Waals surface area contributed by atoms with Crippen molar-refractivity contribution < 1.29 is 8.83 Å². The van der Waals surface area contributed by atoms with Gasteiger partial charge in [-0.3, -0.25) is 0 Å². The van der Waals surface area contributed by atoms with Crippen LogP contribution in [0.25, 0.3) is 117 Å². The highest BCUT2D eigenvalue weighted by Gasteiger charge is 2.22. The van der Waals surface area contributed by atoms with E-state index in [0.717, 1.165) is 77.4 Å². The van der Waals surface area contributed by atoms with Crippen LogP contribution >= 0.6 is 0 Å². The van der Waals surface area contributed by atoms with E-state index in [2.05, 4.69) is 120 Å². The van der Waals surface area contributed by atoms with Crippen LogP contribution in [0.2, 0.25) is 0 Å². The summed E-state index contributed by atoms with van der Waals surface area (Å²) in [6.07, 6.45) is 0. The number of rotatable bonds is 5. The lowest BCUT2D eigenvalue weighted by Gasteiger charge is -2.11. The van der Waals surface area contributed by atoms with Gasteiger partial charge in [-0.25, -0.2) is 15.0 Å². The molecule has 266 valence electrons. The number of nitrogens with zero attached hydrogens (tertiary/aromatic N) is 4. The van der Waals surface area contributed by atoms with Gasteiger partial charge < -0.3 is 13.4 Å². The summed E-state index contributed by atoms with van der Waals surface area (Å²) in [6.45, 7) is 0. The monoisotopic (exact) mass is 730 g/mol. The standard InChI is InChI=1S/C51H30N4O2/c1-3-14-31(15-4-1)49-52-50(40-24-12-22-38-36-19-8-10-27-44(36)56-47(38)40)54-51(53-49)41-25-13-23-39-42-30-32(28-29-45(42)57-48(39)41)34-20-11-21-37-35-18-7-9-26-43(35)55(46(34)37)33-16-5-2-6-17-33/h1-30H. The average Bonchev–Trinajstić information content (AvgIpc) is 3.96. The van der Waals surface area contributed by atoms with Crippen LogP contribution in [-0.2, 0) is 0 Å². The summed E-state index contributed by atoms with van der Waals surface area (Å²) in [7, 11) is 0. The lowest BCUT2D eigenvalue weighted by molar-refractivity contribution is 0.669. The van der Waals surface area contributed by atoms with Crippen molar-refractivity contribution in [3.05, 3.63) is 182 Å². The molecule has 12 aromatic rings. The Kier molecular flexibility index (Phi) is 6.83. The first-order valence-electron chi connectivity index (χ1n) is 19.0. The van der Waals surface area contributed by atoms with Crippen LogP contribution in [0.1, 0.15) is 0 Å². The number of para-hydroxylation sites is 6. The quantitative estimate of drug-likeness (QED) is 0.176. The molecule has 0 aliphatic rings. The van der Waals surface area contributed by atoms with Crippen molar-refractivity contribution in [2.24, 2.45) is 0 Å². The fourth-order valence-electron chi connectivity index (χ4n) is 8.50. The summed E-state index contributed by atoms with van der Waals surface area (Å²) in [5.41, 5.74) is 11.3. The number of fused-ring (bicyclic) bond motifs is 9. The van der Waals surface area contributed by atoms with Crippen LogP contribution in [0.3, 0.4) is 0 Å². The Morgan fingerprint density at radius 2 is 0.895 bits per heavy atom. The Hall–Kier alpha value is -7.83. The Morgan fingerprint density at radius 1 is 0.351 bits per heavy atom. The molecule has 0 N–H and O–H groups in total. The van der Waals surface area contributed by atoms with Crippen molar-refractivity contribution in [1.29, 1.82) is 0 Å². The fourth-order valence-corrected chi connectivity index (χ4v) is 8.50. The first kappa shape index (κ1) is 31.5. The molecule has 0 aliphatic heterocycles. The van der Waals surface area contributed by atoms with Crippen LogP contribution in [0.5, 0.6) is 0 Å². The third-order valence-corrected chi connectivity index (χ3v) is 11.1.